The van der Waals surface area contributed by atoms with Crippen molar-refractivity contribution < 1.29 is 9.42 Å². The van der Waals surface area contributed by atoms with Gasteiger partial charge in [0.25, 0.3) is 5.91 Å². The SMILES string of the molecule is CCc1ccc(CN2CCc3c(C(=O)N(C)Cc4nonc4C)csc3C2)nc1. The van der Waals surface area contributed by atoms with Gasteiger partial charge in [0.05, 0.1) is 17.8 Å². The Bertz CT molecular complexity index is 995. The maximum Gasteiger partial charge on any atom is 0.255 e. The van der Waals surface area contributed by atoms with Gasteiger partial charge in [0, 0.05) is 43.1 Å². The van der Waals surface area contributed by atoms with Gasteiger partial charge in [-0.05, 0) is 37.0 Å². The third-order valence-corrected chi connectivity index (χ3v) is 6.43. The molecule has 0 unspecified atom stereocenters. The van der Waals surface area contributed by atoms with Gasteiger partial charge in [0.2, 0.25) is 0 Å². The molecule has 0 radical (unpaired) electrons. The van der Waals surface area contributed by atoms with E-state index >= 15 is 0 Å². The van der Waals surface area contributed by atoms with Crippen molar-refractivity contribution in [2.45, 2.75) is 46.3 Å². The molecule has 1 aliphatic rings. The molecule has 1 amide bonds. The first-order valence-electron chi connectivity index (χ1n) is 9.84. The Morgan fingerprint density at radius 3 is 2.90 bits per heavy atom. The second-order valence-electron chi connectivity index (χ2n) is 7.48. The number of fused-ring (bicyclic) bond motifs is 1. The number of pyridine rings is 1. The van der Waals surface area contributed by atoms with Crippen LogP contribution in [0.25, 0.3) is 0 Å². The highest BCUT2D eigenvalue weighted by Gasteiger charge is 2.26. The van der Waals surface area contributed by atoms with Crippen LogP contribution in [0.1, 0.15) is 50.4 Å². The molecule has 8 heteroatoms. The molecule has 4 heterocycles. The fourth-order valence-electron chi connectivity index (χ4n) is 3.58. The topological polar surface area (TPSA) is 75.4 Å². The Hall–Kier alpha value is -2.58. The van der Waals surface area contributed by atoms with Gasteiger partial charge in [-0.2, -0.15) is 0 Å². The molecule has 29 heavy (non-hydrogen) atoms. The van der Waals surface area contributed by atoms with Crippen molar-refractivity contribution in [2.75, 3.05) is 13.6 Å². The third-order valence-electron chi connectivity index (χ3n) is 5.42. The standard InChI is InChI=1S/C21H25N5O2S/c1-4-15-5-6-16(22-9-15)10-26-8-7-17-18(13-29-20(17)12-26)21(27)25(3)11-19-14(2)23-28-24-19/h5-6,9,13H,4,7-8,10-12H2,1-3H3. The summed E-state index contributed by atoms with van der Waals surface area (Å²) in [6, 6.07) is 4.27. The van der Waals surface area contributed by atoms with E-state index in [2.05, 4.69) is 39.3 Å². The predicted octanol–water partition coefficient (Wildman–Crippen LogP) is 3.23. The molecular formula is C21H25N5O2S. The number of hydrogen-bond donors (Lipinski definition) is 0. The van der Waals surface area contributed by atoms with Gasteiger partial charge in [-0.1, -0.05) is 23.3 Å². The van der Waals surface area contributed by atoms with E-state index in [9.17, 15) is 4.79 Å². The molecule has 1 aliphatic heterocycles. The van der Waals surface area contributed by atoms with Crippen LogP contribution in [0, 0.1) is 6.92 Å². The first kappa shape index (κ1) is 19.7. The van der Waals surface area contributed by atoms with Crippen LogP contribution in [-0.2, 0) is 32.5 Å². The van der Waals surface area contributed by atoms with Crippen molar-refractivity contribution in [1.82, 2.24) is 25.1 Å². The zero-order valence-corrected chi connectivity index (χ0v) is 17.8. The van der Waals surface area contributed by atoms with Crippen molar-refractivity contribution in [2.24, 2.45) is 0 Å². The Morgan fingerprint density at radius 1 is 1.34 bits per heavy atom. The first-order chi connectivity index (χ1) is 14.0. The maximum atomic E-state index is 13.0. The normalized spacial score (nSPS) is 14.0. The lowest BCUT2D eigenvalue weighted by molar-refractivity contribution is 0.0780. The Balaban J connectivity index is 1.42. The molecule has 0 aromatic carbocycles. The summed E-state index contributed by atoms with van der Waals surface area (Å²) in [5.74, 6) is 0.0233. The summed E-state index contributed by atoms with van der Waals surface area (Å²) < 4.78 is 4.73. The average molecular weight is 412 g/mol. The van der Waals surface area contributed by atoms with Crippen LogP contribution in [0.3, 0.4) is 0 Å². The van der Waals surface area contributed by atoms with Crippen LogP contribution < -0.4 is 0 Å². The van der Waals surface area contributed by atoms with E-state index in [1.165, 1.54) is 16.0 Å². The minimum atomic E-state index is 0.0233. The van der Waals surface area contributed by atoms with Crippen molar-refractivity contribution in [1.29, 1.82) is 0 Å². The van der Waals surface area contributed by atoms with Gasteiger partial charge in [0.1, 0.15) is 11.4 Å². The molecule has 3 aromatic heterocycles. The van der Waals surface area contributed by atoms with Gasteiger partial charge >= 0.3 is 0 Å². The fraction of sp³-hybridized carbons (Fsp3) is 0.429. The second-order valence-corrected chi connectivity index (χ2v) is 8.44. The summed E-state index contributed by atoms with van der Waals surface area (Å²) in [6.45, 7) is 6.99. The molecule has 3 aromatic rings. The minimum Gasteiger partial charge on any atom is -0.336 e. The number of thiophene rings is 1. The number of carbonyl (C=O) groups is 1. The van der Waals surface area contributed by atoms with Crippen LogP contribution in [-0.4, -0.2) is 44.6 Å². The highest BCUT2D eigenvalue weighted by atomic mass is 32.1. The molecule has 0 bridgehead atoms. The second kappa shape index (κ2) is 8.42. The summed E-state index contributed by atoms with van der Waals surface area (Å²) in [4.78, 5) is 22.9. The zero-order valence-electron chi connectivity index (χ0n) is 17.0. The molecule has 0 saturated heterocycles. The first-order valence-corrected chi connectivity index (χ1v) is 10.7. The lowest BCUT2D eigenvalue weighted by Gasteiger charge is -2.27. The van der Waals surface area contributed by atoms with Gasteiger partial charge in [-0.3, -0.25) is 14.7 Å². The summed E-state index contributed by atoms with van der Waals surface area (Å²) in [6.07, 6.45) is 3.85. The number of rotatable bonds is 6. The van der Waals surface area contributed by atoms with Gasteiger partial charge < -0.3 is 4.90 Å². The third kappa shape index (κ3) is 4.23. The highest BCUT2D eigenvalue weighted by Crippen LogP contribution is 2.30. The number of nitrogens with zero attached hydrogens (tertiary/aromatic N) is 5. The predicted molar refractivity (Wildman–Crippen MR) is 111 cm³/mol. The molecule has 0 spiro atoms. The molecule has 0 saturated carbocycles. The van der Waals surface area contributed by atoms with E-state index in [-0.39, 0.29) is 5.91 Å². The number of carbonyl (C=O) groups excluding carboxylic acids is 1. The van der Waals surface area contributed by atoms with Crippen LogP contribution in [0.4, 0.5) is 0 Å². The molecule has 4 rings (SSSR count). The van der Waals surface area contributed by atoms with E-state index in [0.29, 0.717) is 17.9 Å². The highest BCUT2D eigenvalue weighted by molar-refractivity contribution is 7.10. The zero-order chi connectivity index (χ0) is 20.4. The molecule has 0 atom stereocenters. The van der Waals surface area contributed by atoms with Gasteiger partial charge in [-0.25, -0.2) is 4.63 Å². The molecule has 7 nitrogen and oxygen atoms in total. The summed E-state index contributed by atoms with van der Waals surface area (Å²) in [7, 11) is 1.79. The van der Waals surface area contributed by atoms with Gasteiger partial charge in [-0.15, -0.1) is 11.3 Å². The lowest BCUT2D eigenvalue weighted by Crippen LogP contribution is -2.32. The van der Waals surface area contributed by atoms with Crippen molar-refractivity contribution in [3.63, 3.8) is 0 Å². The monoisotopic (exact) mass is 411 g/mol. The molecular weight excluding hydrogens is 386 g/mol. The summed E-state index contributed by atoms with van der Waals surface area (Å²) in [5.41, 5.74) is 5.76. The number of aryl methyl sites for hydroxylation is 2. The van der Waals surface area contributed by atoms with Crippen LogP contribution in [0.5, 0.6) is 0 Å². The fourth-order valence-corrected chi connectivity index (χ4v) is 4.69. The minimum absolute atomic E-state index is 0.0233. The van der Waals surface area contributed by atoms with E-state index in [1.807, 2.05) is 18.5 Å². The van der Waals surface area contributed by atoms with E-state index in [1.54, 1.807) is 23.3 Å². The maximum absolute atomic E-state index is 13.0. The van der Waals surface area contributed by atoms with Crippen molar-refractivity contribution in [3.05, 3.63) is 62.4 Å². The average Bonchev–Trinajstić information content (AvgIpc) is 3.33. The number of amides is 1. The molecule has 0 N–H and O–H groups in total. The summed E-state index contributed by atoms with van der Waals surface area (Å²) in [5, 5.41) is 9.65. The van der Waals surface area contributed by atoms with Crippen LogP contribution in [0.15, 0.2) is 28.3 Å². The smallest absolute Gasteiger partial charge is 0.255 e. The lowest BCUT2D eigenvalue weighted by atomic mass is 10.0. The molecule has 152 valence electrons. The number of hydrogen-bond acceptors (Lipinski definition) is 7. The number of aromatic nitrogens is 3. The quantitative estimate of drug-likeness (QED) is 0.620. The van der Waals surface area contributed by atoms with Crippen LogP contribution >= 0.6 is 11.3 Å². The Kier molecular flexibility index (Phi) is 5.73. The van der Waals surface area contributed by atoms with E-state index in [0.717, 1.165) is 43.7 Å². The van der Waals surface area contributed by atoms with Gasteiger partial charge in [0.15, 0.2) is 0 Å². The molecule has 0 fully saturated rings. The van der Waals surface area contributed by atoms with Crippen molar-refractivity contribution >= 4 is 17.2 Å². The summed E-state index contributed by atoms with van der Waals surface area (Å²) >= 11 is 1.67. The van der Waals surface area contributed by atoms with Crippen molar-refractivity contribution in [3.8, 4) is 0 Å². The van der Waals surface area contributed by atoms with E-state index in [4.69, 9.17) is 4.63 Å². The van der Waals surface area contributed by atoms with E-state index < -0.39 is 0 Å². The Labute approximate surface area is 174 Å². The molecule has 0 aliphatic carbocycles. The Morgan fingerprint density at radius 2 is 2.21 bits per heavy atom. The van der Waals surface area contributed by atoms with Crippen LogP contribution in [0.2, 0.25) is 0 Å². The largest absolute Gasteiger partial charge is 0.336 e.